The maximum Gasteiger partial charge on any atom is 0.217 e. The van der Waals surface area contributed by atoms with E-state index in [9.17, 15) is 4.79 Å². The number of rotatable bonds is 12. The van der Waals surface area contributed by atoms with Crippen molar-refractivity contribution in [1.82, 2.24) is 10.2 Å². The first-order valence-electron chi connectivity index (χ1n) is 12.6. The van der Waals surface area contributed by atoms with Crippen molar-refractivity contribution in [2.45, 2.75) is 52.2 Å². The minimum absolute atomic E-state index is 0.0981. The van der Waals surface area contributed by atoms with E-state index in [0.717, 1.165) is 35.2 Å². The molecule has 0 saturated carbocycles. The summed E-state index contributed by atoms with van der Waals surface area (Å²) in [5, 5.41) is 2.94. The van der Waals surface area contributed by atoms with Crippen molar-refractivity contribution < 1.29 is 19.0 Å². The van der Waals surface area contributed by atoms with Gasteiger partial charge in [-0.1, -0.05) is 66.7 Å². The lowest BCUT2D eigenvalue weighted by molar-refractivity contribution is -0.119. The molecule has 0 radical (unpaired) electrons. The number of amides is 1. The van der Waals surface area contributed by atoms with Crippen LogP contribution in [0.1, 0.15) is 42.0 Å². The Balaban J connectivity index is 1.58. The summed E-state index contributed by atoms with van der Waals surface area (Å²) in [6.07, 6.45) is 2.37. The van der Waals surface area contributed by atoms with E-state index in [1.165, 1.54) is 13.3 Å². The highest BCUT2D eigenvalue weighted by Gasteiger charge is 2.22. The van der Waals surface area contributed by atoms with Crippen molar-refractivity contribution in [2.75, 3.05) is 20.2 Å². The molecule has 0 aliphatic carbocycles. The fourth-order valence-electron chi connectivity index (χ4n) is 4.42. The summed E-state index contributed by atoms with van der Waals surface area (Å²) in [5.41, 5.74) is 4.00. The van der Waals surface area contributed by atoms with Crippen LogP contribution in [0.3, 0.4) is 0 Å². The van der Waals surface area contributed by atoms with Gasteiger partial charge in [-0.05, 0) is 49.2 Å². The van der Waals surface area contributed by atoms with Gasteiger partial charge in [-0.25, -0.2) is 0 Å². The zero-order chi connectivity index (χ0) is 25.2. The van der Waals surface area contributed by atoms with Crippen molar-refractivity contribution in [3.05, 3.63) is 95.1 Å². The molecule has 1 N–H and O–H groups in total. The maximum absolute atomic E-state index is 11.8. The van der Waals surface area contributed by atoms with Crippen LogP contribution in [0, 0.1) is 0 Å². The van der Waals surface area contributed by atoms with Gasteiger partial charge in [0.2, 0.25) is 5.91 Å². The number of hydrogen-bond acceptors (Lipinski definition) is 5. The minimum atomic E-state index is -0.0981. The fraction of sp³-hybridized carbons (Fsp3) is 0.367. The molecule has 4 rings (SSSR count). The second kappa shape index (κ2) is 13.1. The molecule has 3 aromatic rings. The third-order valence-corrected chi connectivity index (χ3v) is 6.54. The molecule has 6 heteroatoms. The molecule has 1 saturated heterocycles. The molecule has 36 heavy (non-hydrogen) atoms. The largest absolute Gasteiger partial charge is 0.485 e. The molecule has 1 unspecified atom stereocenters. The summed E-state index contributed by atoms with van der Waals surface area (Å²) in [5.74, 6) is 1.19. The van der Waals surface area contributed by atoms with E-state index in [0.29, 0.717) is 50.5 Å². The predicted molar refractivity (Wildman–Crippen MR) is 141 cm³/mol. The number of nitrogens with one attached hydrogen (secondary N) is 1. The zero-order valence-corrected chi connectivity index (χ0v) is 21.2. The number of likely N-dealkylation sites (tertiary alicyclic amines) is 1. The van der Waals surface area contributed by atoms with Gasteiger partial charge in [-0.15, -0.1) is 0 Å². The lowest BCUT2D eigenvalue weighted by Gasteiger charge is -2.22. The maximum atomic E-state index is 11.8. The molecule has 1 aliphatic rings. The lowest BCUT2D eigenvalue weighted by Crippen LogP contribution is -2.29. The molecular formula is C30H36N2O4. The minimum Gasteiger partial charge on any atom is -0.485 e. The van der Waals surface area contributed by atoms with E-state index in [2.05, 4.69) is 17.3 Å². The quantitative estimate of drug-likeness (QED) is 0.385. The normalized spacial score (nSPS) is 15.6. The average Bonchev–Trinajstić information content (AvgIpc) is 3.31. The van der Waals surface area contributed by atoms with Crippen LogP contribution in [0.4, 0.5) is 0 Å². The SMILES string of the molecule is CC(=O)NCc1c(COCC2CCCN2C)ccc(OCc2ccccc2)c1OCc1ccccc1. The highest BCUT2D eigenvalue weighted by atomic mass is 16.5. The van der Waals surface area contributed by atoms with Gasteiger partial charge in [0.25, 0.3) is 0 Å². The van der Waals surface area contributed by atoms with Crippen LogP contribution in [0.5, 0.6) is 11.5 Å². The zero-order valence-electron chi connectivity index (χ0n) is 21.2. The molecule has 0 spiro atoms. The lowest BCUT2D eigenvalue weighted by atomic mass is 10.1. The van der Waals surface area contributed by atoms with E-state index >= 15 is 0 Å². The van der Waals surface area contributed by atoms with Crippen LogP contribution in [0.2, 0.25) is 0 Å². The summed E-state index contributed by atoms with van der Waals surface area (Å²) in [6, 6.07) is 24.5. The van der Waals surface area contributed by atoms with Crippen LogP contribution in [-0.2, 0) is 35.9 Å². The Bertz CT molecular complexity index is 1100. The van der Waals surface area contributed by atoms with Gasteiger partial charge in [-0.2, -0.15) is 0 Å². The first-order chi connectivity index (χ1) is 17.6. The Hall–Kier alpha value is -3.35. The van der Waals surface area contributed by atoms with Gasteiger partial charge in [0.05, 0.1) is 13.2 Å². The Labute approximate surface area is 214 Å². The first kappa shape index (κ1) is 25.7. The molecule has 1 amide bonds. The third kappa shape index (κ3) is 7.33. The molecule has 1 fully saturated rings. The Morgan fingerprint density at radius 1 is 0.917 bits per heavy atom. The molecule has 1 heterocycles. The summed E-state index contributed by atoms with van der Waals surface area (Å²) in [7, 11) is 2.15. The van der Waals surface area contributed by atoms with Crippen molar-refractivity contribution >= 4 is 5.91 Å². The van der Waals surface area contributed by atoms with E-state index in [1.54, 1.807) is 0 Å². The van der Waals surface area contributed by atoms with Crippen LogP contribution in [0.15, 0.2) is 72.8 Å². The second-order valence-electron chi connectivity index (χ2n) is 9.28. The van der Waals surface area contributed by atoms with Gasteiger partial charge in [0, 0.05) is 25.1 Å². The Morgan fingerprint density at radius 3 is 2.19 bits per heavy atom. The molecule has 190 valence electrons. The number of nitrogens with zero attached hydrogens (tertiary/aromatic N) is 1. The van der Waals surface area contributed by atoms with E-state index in [-0.39, 0.29) is 5.91 Å². The van der Waals surface area contributed by atoms with Gasteiger partial charge in [-0.3, -0.25) is 4.79 Å². The standard InChI is InChI=1S/C30H36N2O4/c1-23(33)31-18-28-26(21-34-22-27-14-9-17-32(27)2)15-16-29(35-19-24-10-5-3-6-11-24)30(28)36-20-25-12-7-4-8-13-25/h3-8,10-13,15-16,27H,9,14,17-22H2,1-2H3,(H,31,33). The van der Waals surface area contributed by atoms with Crippen molar-refractivity contribution in [1.29, 1.82) is 0 Å². The highest BCUT2D eigenvalue weighted by molar-refractivity contribution is 5.73. The predicted octanol–water partition coefficient (Wildman–Crippen LogP) is 5.09. The van der Waals surface area contributed by atoms with E-state index in [1.807, 2.05) is 72.8 Å². The van der Waals surface area contributed by atoms with Crippen LogP contribution < -0.4 is 14.8 Å². The van der Waals surface area contributed by atoms with Crippen molar-refractivity contribution in [2.24, 2.45) is 0 Å². The van der Waals surface area contributed by atoms with Crippen LogP contribution >= 0.6 is 0 Å². The molecule has 0 bridgehead atoms. The number of carbonyl (C=O) groups is 1. The molecule has 6 nitrogen and oxygen atoms in total. The Morgan fingerprint density at radius 2 is 1.58 bits per heavy atom. The number of likely N-dealkylation sites (N-methyl/N-ethyl adjacent to an activating group) is 1. The molecule has 1 aliphatic heterocycles. The highest BCUT2D eigenvalue weighted by Crippen LogP contribution is 2.36. The smallest absolute Gasteiger partial charge is 0.217 e. The second-order valence-corrected chi connectivity index (χ2v) is 9.28. The summed E-state index contributed by atoms with van der Waals surface area (Å²) >= 11 is 0. The van der Waals surface area contributed by atoms with Gasteiger partial charge < -0.3 is 24.4 Å². The van der Waals surface area contributed by atoms with Crippen LogP contribution in [0.25, 0.3) is 0 Å². The number of ether oxygens (including phenoxy) is 3. The number of benzene rings is 3. The fourth-order valence-corrected chi connectivity index (χ4v) is 4.42. The van der Waals surface area contributed by atoms with Gasteiger partial charge in [0.1, 0.15) is 13.2 Å². The molecule has 3 aromatic carbocycles. The monoisotopic (exact) mass is 488 g/mol. The van der Waals surface area contributed by atoms with Gasteiger partial charge in [0.15, 0.2) is 11.5 Å². The number of carbonyl (C=O) groups excluding carboxylic acids is 1. The van der Waals surface area contributed by atoms with Crippen molar-refractivity contribution in [3.8, 4) is 11.5 Å². The first-order valence-corrected chi connectivity index (χ1v) is 12.6. The summed E-state index contributed by atoms with van der Waals surface area (Å²) < 4.78 is 18.8. The van der Waals surface area contributed by atoms with E-state index < -0.39 is 0 Å². The van der Waals surface area contributed by atoms with Gasteiger partial charge >= 0.3 is 0 Å². The van der Waals surface area contributed by atoms with Crippen molar-refractivity contribution in [3.63, 3.8) is 0 Å². The molecule has 0 aromatic heterocycles. The molecular weight excluding hydrogens is 452 g/mol. The third-order valence-electron chi connectivity index (χ3n) is 6.54. The number of hydrogen-bond donors (Lipinski definition) is 1. The molecule has 1 atom stereocenters. The summed E-state index contributed by atoms with van der Waals surface area (Å²) in [4.78, 5) is 14.2. The topological polar surface area (TPSA) is 60.0 Å². The Kier molecular flexibility index (Phi) is 9.36. The van der Waals surface area contributed by atoms with Crippen LogP contribution in [-0.4, -0.2) is 37.0 Å². The average molecular weight is 489 g/mol. The summed E-state index contributed by atoms with van der Waals surface area (Å²) in [6.45, 7) is 4.92. The van der Waals surface area contributed by atoms with E-state index in [4.69, 9.17) is 14.2 Å².